The number of fused-ring (bicyclic) bond motifs is 1. The number of carbonyl (C=O) groups is 2. The van der Waals surface area contributed by atoms with Crippen LogP contribution in [0.15, 0.2) is 66.7 Å². The molecule has 3 aromatic rings. The molecule has 0 unspecified atom stereocenters. The van der Waals surface area contributed by atoms with Crippen molar-refractivity contribution in [2.75, 3.05) is 22.1 Å². The molecule has 4 rings (SSSR count). The highest BCUT2D eigenvalue weighted by Gasteiger charge is 2.26. The lowest BCUT2D eigenvalue weighted by Gasteiger charge is -2.18. The zero-order valence-corrected chi connectivity index (χ0v) is 16.5. The standard InChI is InChI=1S/C24H23N3O2/c1-16-3-7-19(8-4-16)23(28)27-14-13-18-9-12-21(15-22(18)27)26-24(29)25-20-10-5-17(2)6-11-20/h3-12,15H,13-14H2,1-2H3,(H2,25,26,29). The molecule has 5 heteroatoms. The van der Waals surface area contributed by atoms with Gasteiger partial charge in [-0.3, -0.25) is 4.79 Å². The van der Waals surface area contributed by atoms with Crippen LogP contribution in [0.2, 0.25) is 0 Å². The lowest BCUT2D eigenvalue weighted by atomic mass is 10.1. The highest BCUT2D eigenvalue weighted by Crippen LogP contribution is 2.32. The Bertz CT molecular complexity index is 1060. The van der Waals surface area contributed by atoms with Crippen molar-refractivity contribution in [3.63, 3.8) is 0 Å². The molecule has 146 valence electrons. The van der Waals surface area contributed by atoms with Gasteiger partial charge in [-0.2, -0.15) is 0 Å². The van der Waals surface area contributed by atoms with Gasteiger partial charge in [0.1, 0.15) is 0 Å². The highest BCUT2D eigenvalue weighted by atomic mass is 16.2. The summed E-state index contributed by atoms with van der Waals surface area (Å²) in [4.78, 5) is 27.1. The van der Waals surface area contributed by atoms with Crippen LogP contribution in [-0.2, 0) is 6.42 Å². The molecular weight excluding hydrogens is 362 g/mol. The number of amides is 3. The predicted molar refractivity (Wildman–Crippen MR) is 117 cm³/mol. The van der Waals surface area contributed by atoms with Gasteiger partial charge >= 0.3 is 6.03 Å². The topological polar surface area (TPSA) is 61.4 Å². The van der Waals surface area contributed by atoms with Crippen molar-refractivity contribution in [2.45, 2.75) is 20.3 Å². The summed E-state index contributed by atoms with van der Waals surface area (Å²) in [5.41, 5.74) is 6.25. The molecule has 0 aliphatic carbocycles. The van der Waals surface area contributed by atoms with Crippen LogP contribution >= 0.6 is 0 Å². The fourth-order valence-corrected chi connectivity index (χ4v) is 3.45. The molecule has 5 nitrogen and oxygen atoms in total. The fourth-order valence-electron chi connectivity index (χ4n) is 3.45. The number of aryl methyl sites for hydroxylation is 2. The maximum atomic E-state index is 12.9. The molecule has 0 saturated heterocycles. The Morgan fingerprint density at radius 2 is 1.38 bits per heavy atom. The summed E-state index contributed by atoms with van der Waals surface area (Å²) in [5, 5.41) is 5.67. The molecule has 0 atom stereocenters. The number of benzene rings is 3. The van der Waals surface area contributed by atoms with E-state index in [1.165, 1.54) is 0 Å². The predicted octanol–water partition coefficient (Wildman–Crippen LogP) is 5.15. The number of anilines is 3. The molecule has 0 bridgehead atoms. The van der Waals surface area contributed by atoms with E-state index in [4.69, 9.17) is 0 Å². The molecule has 3 aromatic carbocycles. The summed E-state index contributed by atoms with van der Waals surface area (Å²) >= 11 is 0. The van der Waals surface area contributed by atoms with Gasteiger partial charge < -0.3 is 15.5 Å². The van der Waals surface area contributed by atoms with Crippen LogP contribution in [0.4, 0.5) is 21.9 Å². The first kappa shape index (κ1) is 18.7. The quantitative estimate of drug-likeness (QED) is 0.655. The summed E-state index contributed by atoms with van der Waals surface area (Å²) in [6.07, 6.45) is 0.808. The van der Waals surface area contributed by atoms with Gasteiger partial charge in [-0.05, 0) is 62.2 Å². The van der Waals surface area contributed by atoms with Gasteiger partial charge in [0.2, 0.25) is 0 Å². The van der Waals surface area contributed by atoms with Crippen molar-refractivity contribution in [1.29, 1.82) is 0 Å². The number of carbonyl (C=O) groups excluding carboxylic acids is 2. The van der Waals surface area contributed by atoms with Crippen molar-refractivity contribution < 1.29 is 9.59 Å². The second-order valence-electron chi connectivity index (χ2n) is 7.36. The summed E-state index contributed by atoms with van der Waals surface area (Å²) in [7, 11) is 0. The number of rotatable bonds is 3. The molecule has 1 aliphatic heterocycles. The molecule has 3 amide bonds. The summed E-state index contributed by atoms with van der Waals surface area (Å²) in [6, 6.07) is 20.6. The van der Waals surface area contributed by atoms with Crippen molar-refractivity contribution in [1.82, 2.24) is 0 Å². The van der Waals surface area contributed by atoms with Gasteiger partial charge in [-0.25, -0.2) is 4.79 Å². The Morgan fingerprint density at radius 3 is 2.07 bits per heavy atom. The maximum absolute atomic E-state index is 12.9. The third-order valence-corrected chi connectivity index (χ3v) is 5.09. The SMILES string of the molecule is Cc1ccc(NC(=O)Nc2ccc3c(c2)N(C(=O)c2ccc(C)cc2)CC3)cc1. The molecule has 0 spiro atoms. The highest BCUT2D eigenvalue weighted by molar-refractivity contribution is 6.08. The van der Waals surface area contributed by atoms with Crippen LogP contribution in [0.1, 0.15) is 27.0 Å². The minimum absolute atomic E-state index is 0.0231. The van der Waals surface area contributed by atoms with Gasteiger partial charge in [0.25, 0.3) is 5.91 Å². The molecular formula is C24H23N3O2. The van der Waals surface area contributed by atoms with E-state index in [1.54, 1.807) is 4.90 Å². The summed E-state index contributed by atoms with van der Waals surface area (Å²) in [6.45, 7) is 4.64. The zero-order chi connectivity index (χ0) is 20.4. The lowest BCUT2D eigenvalue weighted by molar-refractivity contribution is 0.0989. The molecule has 0 fully saturated rings. The Kier molecular flexibility index (Phi) is 5.04. The van der Waals surface area contributed by atoms with E-state index < -0.39 is 0 Å². The van der Waals surface area contributed by atoms with Crippen LogP contribution < -0.4 is 15.5 Å². The first-order valence-electron chi connectivity index (χ1n) is 9.66. The monoisotopic (exact) mass is 385 g/mol. The molecule has 0 aromatic heterocycles. The fraction of sp³-hybridized carbons (Fsp3) is 0.167. The normalized spacial score (nSPS) is 12.4. The number of hydrogen-bond acceptors (Lipinski definition) is 2. The van der Waals surface area contributed by atoms with Crippen LogP contribution in [-0.4, -0.2) is 18.5 Å². The number of nitrogens with zero attached hydrogens (tertiary/aromatic N) is 1. The van der Waals surface area contributed by atoms with Crippen molar-refractivity contribution >= 4 is 29.0 Å². The Morgan fingerprint density at radius 1 is 0.793 bits per heavy atom. The third-order valence-electron chi connectivity index (χ3n) is 5.09. The minimum Gasteiger partial charge on any atom is -0.308 e. The van der Waals surface area contributed by atoms with Crippen LogP contribution in [0.3, 0.4) is 0 Å². The van der Waals surface area contributed by atoms with Gasteiger partial charge in [-0.15, -0.1) is 0 Å². The third kappa shape index (κ3) is 4.14. The molecule has 0 saturated carbocycles. The van der Waals surface area contributed by atoms with E-state index in [0.717, 1.165) is 34.5 Å². The lowest BCUT2D eigenvalue weighted by Crippen LogP contribution is -2.29. The Labute approximate surface area is 170 Å². The van der Waals surface area contributed by atoms with Crippen LogP contribution in [0.25, 0.3) is 0 Å². The second kappa shape index (κ2) is 7.80. The minimum atomic E-state index is -0.316. The average molecular weight is 385 g/mol. The van der Waals surface area contributed by atoms with Gasteiger partial charge in [0, 0.05) is 29.2 Å². The smallest absolute Gasteiger partial charge is 0.308 e. The van der Waals surface area contributed by atoms with E-state index in [9.17, 15) is 9.59 Å². The molecule has 1 heterocycles. The van der Waals surface area contributed by atoms with E-state index in [0.29, 0.717) is 17.8 Å². The first-order valence-corrected chi connectivity index (χ1v) is 9.66. The Balaban J connectivity index is 1.49. The van der Waals surface area contributed by atoms with Gasteiger partial charge in [0.05, 0.1) is 0 Å². The number of urea groups is 1. The zero-order valence-electron chi connectivity index (χ0n) is 16.5. The summed E-state index contributed by atoms with van der Waals surface area (Å²) < 4.78 is 0. The van der Waals surface area contributed by atoms with Crippen LogP contribution in [0.5, 0.6) is 0 Å². The molecule has 0 radical (unpaired) electrons. The Hall–Kier alpha value is -3.60. The van der Waals surface area contributed by atoms with Gasteiger partial charge in [-0.1, -0.05) is 41.5 Å². The van der Waals surface area contributed by atoms with E-state index >= 15 is 0 Å². The second-order valence-corrected chi connectivity index (χ2v) is 7.36. The van der Waals surface area contributed by atoms with Crippen LogP contribution in [0, 0.1) is 13.8 Å². The molecule has 1 aliphatic rings. The first-order chi connectivity index (χ1) is 14.0. The van der Waals surface area contributed by atoms with Crippen molar-refractivity contribution in [3.8, 4) is 0 Å². The van der Waals surface area contributed by atoms with Crippen molar-refractivity contribution in [3.05, 3.63) is 89.0 Å². The van der Waals surface area contributed by atoms with Gasteiger partial charge in [0.15, 0.2) is 0 Å². The van der Waals surface area contributed by atoms with Crippen molar-refractivity contribution in [2.24, 2.45) is 0 Å². The molecule has 2 N–H and O–H groups in total. The number of nitrogens with one attached hydrogen (secondary N) is 2. The van der Waals surface area contributed by atoms with E-state index in [2.05, 4.69) is 10.6 Å². The maximum Gasteiger partial charge on any atom is 0.323 e. The average Bonchev–Trinajstić information content (AvgIpc) is 3.13. The largest absolute Gasteiger partial charge is 0.323 e. The number of hydrogen-bond donors (Lipinski definition) is 2. The van der Waals surface area contributed by atoms with E-state index in [-0.39, 0.29) is 11.9 Å². The summed E-state index contributed by atoms with van der Waals surface area (Å²) in [5.74, 6) is -0.0231. The molecule has 29 heavy (non-hydrogen) atoms. The van der Waals surface area contributed by atoms with E-state index in [1.807, 2.05) is 80.6 Å².